The zero-order valence-corrected chi connectivity index (χ0v) is 21.5. The molecule has 11 nitrogen and oxygen atoms in total. The predicted molar refractivity (Wildman–Crippen MR) is 144 cm³/mol. The molecule has 4 aromatic rings. The first-order chi connectivity index (χ1) is 18.7. The Hall–Kier alpha value is -4.88. The van der Waals surface area contributed by atoms with Gasteiger partial charge in [0.1, 0.15) is 0 Å². The van der Waals surface area contributed by atoms with Gasteiger partial charge in [0.05, 0.1) is 37.2 Å². The molecular weight excluding hydrogens is 546 g/mol. The van der Waals surface area contributed by atoms with E-state index in [1.807, 2.05) is 0 Å². The SMILES string of the molecule is O=C(COC(=O)c1ccccc1NC(=O)c1ccccc1NS(=O)(=O)c1cccc([N+](=O)[O-])c1)c1cccs1. The number of Topliss-reactive ketones (excluding diaryl/α,β-unsaturated/α-hetero) is 1. The molecule has 2 N–H and O–H groups in total. The highest BCUT2D eigenvalue weighted by molar-refractivity contribution is 7.92. The third-order valence-electron chi connectivity index (χ3n) is 5.28. The van der Waals surface area contributed by atoms with Gasteiger partial charge < -0.3 is 10.1 Å². The number of anilines is 2. The summed E-state index contributed by atoms with van der Waals surface area (Å²) in [4.78, 5) is 48.4. The first-order valence-corrected chi connectivity index (χ1v) is 13.5. The molecular formula is C26H19N3O8S2. The number of nitrogens with one attached hydrogen (secondary N) is 2. The van der Waals surface area contributed by atoms with Crippen molar-refractivity contribution in [3.05, 3.63) is 116 Å². The van der Waals surface area contributed by atoms with E-state index in [4.69, 9.17) is 4.74 Å². The highest BCUT2D eigenvalue weighted by Gasteiger charge is 2.22. The number of non-ortho nitro benzene ring substituents is 1. The van der Waals surface area contributed by atoms with Crippen LogP contribution in [-0.2, 0) is 14.8 Å². The second kappa shape index (κ2) is 11.7. The van der Waals surface area contributed by atoms with Crippen molar-refractivity contribution in [1.82, 2.24) is 0 Å². The van der Waals surface area contributed by atoms with Gasteiger partial charge in [-0.1, -0.05) is 36.4 Å². The molecule has 0 saturated heterocycles. The van der Waals surface area contributed by atoms with E-state index in [1.165, 1.54) is 59.9 Å². The minimum Gasteiger partial charge on any atom is -0.454 e. The number of carbonyl (C=O) groups is 3. The molecule has 0 unspecified atom stereocenters. The van der Waals surface area contributed by atoms with Crippen molar-refractivity contribution in [2.24, 2.45) is 0 Å². The lowest BCUT2D eigenvalue weighted by atomic mass is 10.1. The lowest BCUT2D eigenvalue weighted by Gasteiger charge is -2.14. The first-order valence-electron chi connectivity index (χ1n) is 11.2. The topological polar surface area (TPSA) is 162 Å². The third kappa shape index (κ3) is 6.52. The van der Waals surface area contributed by atoms with Crippen LogP contribution in [0.25, 0.3) is 0 Å². The minimum absolute atomic E-state index is 0.0144. The first kappa shape index (κ1) is 27.2. The highest BCUT2D eigenvalue weighted by Crippen LogP contribution is 2.25. The summed E-state index contributed by atoms with van der Waals surface area (Å²) in [5.41, 5.74) is -0.526. The predicted octanol–water partition coefficient (Wildman–Crippen LogP) is 4.75. The number of rotatable bonds is 10. The number of sulfonamides is 1. The third-order valence-corrected chi connectivity index (χ3v) is 7.55. The van der Waals surface area contributed by atoms with Crippen LogP contribution in [0.4, 0.5) is 17.1 Å². The van der Waals surface area contributed by atoms with E-state index in [2.05, 4.69) is 10.0 Å². The molecule has 3 aromatic carbocycles. The summed E-state index contributed by atoms with van der Waals surface area (Å²) < 4.78 is 33.2. The van der Waals surface area contributed by atoms with E-state index < -0.39 is 39.1 Å². The Labute approximate surface area is 226 Å². The van der Waals surface area contributed by atoms with Crippen molar-refractivity contribution in [3.63, 3.8) is 0 Å². The van der Waals surface area contributed by atoms with E-state index in [-0.39, 0.29) is 33.2 Å². The summed E-state index contributed by atoms with van der Waals surface area (Å²) >= 11 is 1.22. The van der Waals surface area contributed by atoms with Crippen LogP contribution in [0.1, 0.15) is 30.4 Å². The lowest BCUT2D eigenvalue weighted by Crippen LogP contribution is -2.20. The van der Waals surface area contributed by atoms with Crippen LogP contribution in [0.15, 0.2) is 95.2 Å². The fourth-order valence-electron chi connectivity index (χ4n) is 3.41. The zero-order chi connectivity index (χ0) is 28.0. The van der Waals surface area contributed by atoms with Gasteiger partial charge in [-0.05, 0) is 41.8 Å². The molecule has 1 heterocycles. The maximum atomic E-state index is 13.2. The summed E-state index contributed by atoms with van der Waals surface area (Å²) in [5, 5.41) is 15.3. The number of benzene rings is 3. The van der Waals surface area contributed by atoms with Gasteiger partial charge in [0.2, 0.25) is 5.78 Å². The number of nitro groups is 1. The zero-order valence-electron chi connectivity index (χ0n) is 19.9. The number of esters is 1. The van der Waals surface area contributed by atoms with E-state index in [1.54, 1.807) is 29.6 Å². The molecule has 13 heteroatoms. The Kier molecular flexibility index (Phi) is 8.13. The van der Waals surface area contributed by atoms with E-state index in [9.17, 15) is 32.9 Å². The molecule has 1 aromatic heterocycles. The number of hydrogen-bond acceptors (Lipinski definition) is 9. The standard InChI is InChI=1S/C26H19N3O8S2/c30-23(24-13-6-14-38-24)16-37-26(32)20-10-2-3-11-21(20)27-25(31)19-9-1-4-12-22(19)28-39(35,36)18-8-5-7-17(15-18)29(33)34/h1-15,28H,16H2,(H,27,31). The fraction of sp³-hybridized carbons (Fsp3) is 0.0385. The molecule has 1 amide bonds. The number of carbonyl (C=O) groups excluding carboxylic acids is 3. The smallest absolute Gasteiger partial charge is 0.340 e. The number of nitro benzene ring substituents is 1. The summed E-state index contributed by atoms with van der Waals surface area (Å²) in [6.07, 6.45) is 0. The fourth-order valence-corrected chi connectivity index (χ4v) is 5.19. The van der Waals surface area contributed by atoms with Gasteiger partial charge in [0.15, 0.2) is 6.61 Å². The molecule has 4 rings (SSSR count). The average molecular weight is 566 g/mol. The second-order valence-electron chi connectivity index (χ2n) is 7.88. The Morgan fingerprint density at radius 3 is 2.26 bits per heavy atom. The molecule has 0 saturated carbocycles. The maximum Gasteiger partial charge on any atom is 0.340 e. The number of para-hydroxylation sites is 2. The molecule has 0 atom stereocenters. The number of ketones is 1. The Morgan fingerprint density at radius 2 is 1.56 bits per heavy atom. The summed E-state index contributed by atoms with van der Waals surface area (Å²) in [5.74, 6) is -1.96. The highest BCUT2D eigenvalue weighted by atomic mass is 32.2. The molecule has 0 bridgehead atoms. The van der Waals surface area contributed by atoms with Crippen LogP contribution in [0, 0.1) is 10.1 Å². The Balaban J connectivity index is 1.52. The van der Waals surface area contributed by atoms with Gasteiger partial charge in [-0.2, -0.15) is 0 Å². The summed E-state index contributed by atoms with van der Waals surface area (Å²) in [6.45, 7) is -0.482. The van der Waals surface area contributed by atoms with Crippen molar-refractivity contribution >= 4 is 56.1 Å². The molecule has 0 spiro atoms. The van der Waals surface area contributed by atoms with Crippen molar-refractivity contribution in [2.45, 2.75) is 4.90 Å². The van der Waals surface area contributed by atoms with Crippen molar-refractivity contribution in [2.75, 3.05) is 16.6 Å². The average Bonchev–Trinajstić information content (AvgIpc) is 3.47. The van der Waals surface area contributed by atoms with Crippen LogP contribution < -0.4 is 10.0 Å². The lowest BCUT2D eigenvalue weighted by molar-refractivity contribution is -0.385. The molecule has 0 fully saturated rings. The molecule has 0 radical (unpaired) electrons. The molecule has 0 aliphatic rings. The summed E-state index contributed by atoms with van der Waals surface area (Å²) in [7, 11) is -4.29. The van der Waals surface area contributed by atoms with Crippen LogP contribution in [0.5, 0.6) is 0 Å². The van der Waals surface area contributed by atoms with Gasteiger partial charge in [-0.25, -0.2) is 13.2 Å². The normalized spacial score (nSPS) is 10.9. The molecule has 0 aliphatic heterocycles. The Bertz CT molecular complexity index is 1670. The quantitative estimate of drug-likeness (QED) is 0.120. The van der Waals surface area contributed by atoms with E-state index in [0.717, 1.165) is 12.1 Å². The molecule has 0 aliphatic carbocycles. The second-order valence-corrected chi connectivity index (χ2v) is 10.5. The van der Waals surface area contributed by atoms with Crippen LogP contribution in [0.3, 0.4) is 0 Å². The number of amides is 1. The number of nitrogens with zero attached hydrogens (tertiary/aromatic N) is 1. The van der Waals surface area contributed by atoms with Crippen molar-refractivity contribution in [3.8, 4) is 0 Å². The van der Waals surface area contributed by atoms with Crippen LogP contribution in [0.2, 0.25) is 0 Å². The number of thiophene rings is 1. The molecule has 39 heavy (non-hydrogen) atoms. The minimum atomic E-state index is -4.29. The van der Waals surface area contributed by atoms with Crippen LogP contribution in [-0.4, -0.2) is 37.6 Å². The van der Waals surface area contributed by atoms with E-state index >= 15 is 0 Å². The van der Waals surface area contributed by atoms with Gasteiger partial charge in [0, 0.05) is 12.1 Å². The number of ether oxygens (including phenoxy) is 1. The van der Waals surface area contributed by atoms with Gasteiger partial charge >= 0.3 is 5.97 Å². The number of hydrogen-bond donors (Lipinski definition) is 2. The van der Waals surface area contributed by atoms with Gasteiger partial charge in [-0.3, -0.25) is 24.4 Å². The summed E-state index contributed by atoms with van der Waals surface area (Å²) in [6, 6.07) is 19.5. The monoisotopic (exact) mass is 565 g/mol. The Morgan fingerprint density at radius 1 is 0.872 bits per heavy atom. The van der Waals surface area contributed by atoms with Gasteiger partial charge in [0.25, 0.3) is 21.6 Å². The van der Waals surface area contributed by atoms with Gasteiger partial charge in [-0.15, -0.1) is 11.3 Å². The van der Waals surface area contributed by atoms with Crippen molar-refractivity contribution in [1.29, 1.82) is 0 Å². The largest absolute Gasteiger partial charge is 0.454 e. The van der Waals surface area contributed by atoms with Crippen LogP contribution >= 0.6 is 11.3 Å². The van der Waals surface area contributed by atoms with E-state index in [0.29, 0.717) is 4.88 Å². The molecule has 198 valence electrons. The maximum absolute atomic E-state index is 13.2. The van der Waals surface area contributed by atoms with Crippen molar-refractivity contribution < 1.29 is 32.5 Å².